The molecule has 1 aromatic carbocycles. The summed E-state index contributed by atoms with van der Waals surface area (Å²) in [6.45, 7) is 4.89. The van der Waals surface area contributed by atoms with Crippen LogP contribution in [0.3, 0.4) is 0 Å². The molecule has 0 saturated carbocycles. The quantitative estimate of drug-likeness (QED) is 0.126. The van der Waals surface area contributed by atoms with Crippen LogP contribution in [0, 0.1) is 17.8 Å². The fourth-order valence-corrected chi connectivity index (χ4v) is 9.52. The highest BCUT2D eigenvalue weighted by Crippen LogP contribution is 2.41. The van der Waals surface area contributed by atoms with Gasteiger partial charge in [0.25, 0.3) is 5.91 Å². The maximum atomic E-state index is 13.9. The van der Waals surface area contributed by atoms with Crippen molar-refractivity contribution in [2.24, 2.45) is 5.92 Å². The third-order valence-electron chi connectivity index (χ3n) is 10.0. The first-order chi connectivity index (χ1) is 26.7. The summed E-state index contributed by atoms with van der Waals surface area (Å²) in [7, 11) is 2.56. The Morgan fingerprint density at radius 3 is 2.15 bits per heavy atom. The van der Waals surface area contributed by atoms with Gasteiger partial charge in [0, 0.05) is 29.4 Å². The van der Waals surface area contributed by atoms with E-state index in [0.29, 0.717) is 36.0 Å². The van der Waals surface area contributed by atoms with Crippen molar-refractivity contribution in [2.45, 2.75) is 63.7 Å². The number of rotatable bonds is 9. The van der Waals surface area contributed by atoms with Crippen LogP contribution in [0.25, 0.3) is 20.7 Å². The van der Waals surface area contributed by atoms with Crippen LogP contribution in [0.1, 0.15) is 86.1 Å². The van der Waals surface area contributed by atoms with Crippen LogP contribution in [0.4, 0.5) is 9.59 Å². The molecular formula is C39H42N8O6S2. The molecule has 2 aliphatic heterocycles. The standard InChI is InChI=1S/C39H42N8O6S2/c1-22(2)30(44-38(50)52-3)36(48)46-16-8-12-28(46)34-40-18-25(42-34)15-14-24-20-54-33-26(21-55-32(24)33)27-19-41-35(43-27)29-13-9-17-47(29)37(49)31(45-39(51)53-4)23-10-6-5-7-11-23/h5-7,10-11,18-22,28-31H,8-9,12-13,16-17H2,1-4H3,(H,40,42)(H,41,43)(H,44,50)(H,45,51)/t28-,29-,30-,31+/m0/s1. The molecule has 6 heterocycles. The lowest BCUT2D eigenvalue weighted by Crippen LogP contribution is -2.51. The number of thiophene rings is 2. The van der Waals surface area contributed by atoms with Crippen LogP contribution in [-0.4, -0.2) is 87.1 Å². The van der Waals surface area contributed by atoms with Gasteiger partial charge >= 0.3 is 12.2 Å². The third kappa shape index (κ3) is 7.80. The second kappa shape index (κ2) is 16.4. The van der Waals surface area contributed by atoms with E-state index < -0.39 is 24.3 Å². The van der Waals surface area contributed by atoms with E-state index >= 15 is 0 Å². The van der Waals surface area contributed by atoms with E-state index in [1.165, 1.54) is 14.2 Å². The number of hydrogen-bond acceptors (Lipinski definition) is 10. The van der Waals surface area contributed by atoms with Gasteiger partial charge in [0.2, 0.25) is 5.91 Å². The van der Waals surface area contributed by atoms with Gasteiger partial charge in [-0.15, -0.1) is 22.7 Å². The van der Waals surface area contributed by atoms with Crippen LogP contribution in [0.5, 0.6) is 0 Å². The number of hydrogen-bond donors (Lipinski definition) is 4. The van der Waals surface area contributed by atoms with Crippen molar-refractivity contribution < 1.29 is 28.7 Å². The summed E-state index contributed by atoms with van der Waals surface area (Å²) in [5, 5.41) is 9.52. The Kier molecular flexibility index (Phi) is 11.2. The summed E-state index contributed by atoms with van der Waals surface area (Å²) in [5.74, 6) is 7.38. The second-order valence-electron chi connectivity index (χ2n) is 13.8. The Balaban J connectivity index is 1.06. The number of ether oxygens (including phenoxy) is 2. The highest BCUT2D eigenvalue weighted by molar-refractivity contribution is 7.27. The number of fused-ring (bicyclic) bond motifs is 1. The van der Waals surface area contributed by atoms with Gasteiger partial charge < -0.3 is 39.9 Å². The Hall–Kier alpha value is -5.66. The number of aromatic amines is 2. The van der Waals surface area contributed by atoms with Gasteiger partial charge in [0.15, 0.2) is 0 Å². The number of likely N-dealkylation sites (tertiary alicyclic amines) is 2. The molecule has 4 N–H and O–H groups in total. The zero-order valence-electron chi connectivity index (χ0n) is 30.9. The van der Waals surface area contributed by atoms with Gasteiger partial charge in [0.1, 0.15) is 29.4 Å². The summed E-state index contributed by atoms with van der Waals surface area (Å²) in [4.78, 5) is 71.3. The molecule has 0 unspecified atom stereocenters. The summed E-state index contributed by atoms with van der Waals surface area (Å²) >= 11 is 3.22. The zero-order valence-corrected chi connectivity index (χ0v) is 32.5. The lowest BCUT2D eigenvalue weighted by atomic mass is 10.0. The predicted octanol–water partition coefficient (Wildman–Crippen LogP) is 6.28. The molecule has 0 aliphatic carbocycles. The number of alkyl carbamates (subject to hydrolysis) is 2. The summed E-state index contributed by atoms with van der Waals surface area (Å²) < 4.78 is 11.7. The first-order valence-electron chi connectivity index (χ1n) is 18.1. The fourth-order valence-electron chi connectivity index (χ4n) is 7.22. The SMILES string of the molecule is COC(=O)N[C@H](C(=O)N1CCC[C@H]1c1ncc(C#Cc2csc3c(-c4cnc([C@@H]5CCCN5C(=O)[C@H](NC(=O)OC)c5ccccc5)[nH]4)csc23)[nH]1)C(C)C. The maximum absolute atomic E-state index is 13.9. The Morgan fingerprint density at radius 1 is 0.818 bits per heavy atom. The highest BCUT2D eigenvalue weighted by Gasteiger charge is 2.38. The van der Waals surface area contributed by atoms with Gasteiger partial charge in [-0.1, -0.05) is 50.1 Å². The molecule has 2 saturated heterocycles. The highest BCUT2D eigenvalue weighted by atomic mass is 32.1. The van der Waals surface area contributed by atoms with E-state index in [1.54, 1.807) is 38.7 Å². The Bertz CT molecular complexity index is 2250. The number of methoxy groups -OCH3 is 2. The number of amides is 4. The summed E-state index contributed by atoms with van der Waals surface area (Å²) in [6.07, 6.45) is 5.32. The van der Waals surface area contributed by atoms with Crippen LogP contribution in [0.2, 0.25) is 0 Å². The molecule has 2 aliphatic rings. The van der Waals surface area contributed by atoms with E-state index in [4.69, 9.17) is 14.5 Å². The monoisotopic (exact) mass is 782 g/mol. The van der Waals surface area contributed by atoms with Crippen LogP contribution >= 0.6 is 22.7 Å². The lowest BCUT2D eigenvalue weighted by molar-refractivity contribution is -0.135. The molecule has 0 radical (unpaired) electrons. The summed E-state index contributed by atoms with van der Waals surface area (Å²) in [6, 6.07) is 7.04. The molecule has 5 aromatic rings. The fraction of sp³-hybridized carbons (Fsp3) is 0.385. The number of carbonyl (C=O) groups excluding carboxylic acids is 4. The molecule has 2 fully saturated rings. The van der Waals surface area contributed by atoms with Gasteiger partial charge in [-0.3, -0.25) is 9.59 Å². The molecule has 4 atom stereocenters. The minimum Gasteiger partial charge on any atom is -0.453 e. The molecular weight excluding hydrogens is 741 g/mol. The number of H-pyrrole nitrogens is 2. The minimum atomic E-state index is -0.889. The number of benzene rings is 1. The molecule has 14 nitrogen and oxygen atoms in total. The number of nitrogens with one attached hydrogen (secondary N) is 4. The smallest absolute Gasteiger partial charge is 0.407 e. The number of carbonyl (C=O) groups is 4. The molecule has 4 amide bonds. The van der Waals surface area contributed by atoms with Crippen molar-refractivity contribution in [1.82, 2.24) is 40.4 Å². The lowest BCUT2D eigenvalue weighted by Gasteiger charge is -2.29. The van der Waals surface area contributed by atoms with Crippen molar-refractivity contribution >= 4 is 56.1 Å². The summed E-state index contributed by atoms with van der Waals surface area (Å²) in [5.41, 5.74) is 4.08. The third-order valence-corrected chi connectivity index (χ3v) is 12.2. The van der Waals surface area contributed by atoms with E-state index in [0.717, 1.165) is 51.9 Å². The topological polar surface area (TPSA) is 175 Å². The van der Waals surface area contributed by atoms with Crippen molar-refractivity contribution in [1.29, 1.82) is 0 Å². The predicted molar refractivity (Wildman–Crippen MR) is 208 cm³/mol. The molecule has 55 heavy (non-hydrogen) atoms. The average Bonchev–Trinajstić information content (AvgIpc) is 4.05. The van der Waals surface area contributed by atoms with Gasteiger partial charge in [-0.25, -0.2) is 19.6 Å². The first-order valence-corrected chi connectivity index (χ1v) is 19.9. The minimum absolute atomic E-state index is 0.119. The molecule has 16 heteroatoms. The van der Waals surface area contributed by atoms with Crippen LogP contribution in [-0.2, 0) is 19.1 Å². The Labute approximate surface area is 326 Å². The molecule has 286 valence electrons. The average molecular weight is 783 g/mol. The maximum Gasteiger partial charge on any atom is 0.407 e. The normalized spacial score (nSPS) is 17.8. The second-order valence-corrected chi connectivity index (χ2v) is 15.5. The van der Waals surface area contributed by atoms with Crippen molar-refractivity contribution in [2.75, 3.05) is 27.3 Å². The molecule has 4 aromatic heterocycles. The van der Waals surface area contributed by atoms with Gasteiger partial charge in [-0.2, -0.15) is 0 Å². The Morgan fingerprint density at radius 2 is 1.45 bits per heavy atom. The van der Waals surface area contributed by atoms with Gasteiger partial charge in [0.05, 0.1) is 59.4 Å². The number of aromatic nitrogens is 4. The zero-order chi connectivity index (χ0) is 38.6. The van der Waals surface area contributed by atoms with E-state index in [1.807, 2.05) is 55.8 Å². The number of nitrogens with zero attached hydrogens (tertiary/aromatic N) is 4. The molecule has 7 rings (SSSR count). The van der Waals surface area contributed by atoms with Crippen molar-refractivity contribution in [3.05, 3.63) is 82.0 Å². The molecule has 0 spiro atoms. The van der Waals surface area contributed by atoms with Crippen LogP contribution in [0.15, 0.2) is 53.5 Å². The van der Waals surface area contributed by atoms with E-state index in [9.17, 15) is 19.2 Å². The van der Waals surface area contributed by atoms with E-state index in [2.05, 4.69) is 42.8 Å². The van der Waals surface area contributed by atoms with Crippen molar-refractivity contribution in [3.63, 3.8) is 0 Å². The van der Waals surface area contributed by atoms with Crippen molar-refractivity contribution in [3.8, 4) is 23.1 Å². The number of imidazole rings is 2. The largest absolute Gasteiger partial charge is 0.453 e. The molecule has 0 bridgehead atoms. The van der Waals surface area contributed by atoms with Crippen LogP contribution < -0.4 is 10.6 Å². The first kappa shape index (κ1) is 37.6. The van der Waals surface area contributed by atoms with E-state index in [-0.39, 0.29) is 29.8 Å². The van der Waals surface area contributed by atoms with Gasteiger partial charge in [-0.05, 0) is 43.1 Å².